The van der Waals surface area contributed by atoms with Gasteiger partial charge in [-0.15, -0.1) is 0 Å². The fourth-order valence-corrected chi connectivity index (χ4v) is 2.94. The summed E-state index contributed by atoms with van der Waals surface area (Å²) >= 11 is 0. The van der Waals surface area contributed by atoms with E-state index in [1.807, 2.05) is 0 Å². The lowest BCUT2D eigenvalue weighted by Gasteiger charge is -2.31. The van der Waals surface area contributed by atoms with Crippen molar-refractivity contribution in [2.24, 2.45) is 0 Å². The van der Waals surface area contributed by atoms with Crippen LogP contribution in [0.5, 0.6) is 0 Å². The van der Waals surface area contributed by atoms with Crippen molar-refractivity contribution in [1.82, 2.24) is 0 Å². The first-order valence-electron chi connectivity index (χ1n) is 9.32. The van der Waals surface area contributed by atoms with Crippen molar-refractivity contribution in [2.75, 3.05) is 0 Å². The Kier molecular flexibility index (Phi) is 7.69. The largest absolute Gasteiger partial charge is 0.481 e. The Balaban J connectivity index is 1.83. The molecule has 0 amide bonds. The molecule has 1 aliphatic carbocycles. The summed E-state index contributed by atoms with van der Waals surface area (Å²) in [7, 11) is 0. The monoisotopic (exact) mass is 392 g/mol. The van der Waals surface area contributed by atoms with Crippen molar-refractivity contribution >= 4 is 23.9 Å². The summed E-state index contributed by atoms with van der Waals surface area (Å²) in [6, 6.07) is 5.40. The lowest BCUT2D eigenvalue weighted by atomic mass is 9.94. The van der Waals surface area contributed by atoms with Crippen LogP contribution in [0.25, 0.3) is 0 Å². The van der Waals surface area contributed by atoms with E-state index in [0.717, 1.165) is 19.3 Å². The summed E-state index contributed by atoms with van der Waals surface area (Å²) < 4.78 is 9.91. The minimum absolute atomic E-state index is 0.0477. The predicted molar refractivity (Wildman–Crippen MR) is 96.4 cm³/mol. The number of hydrogen-bond acceptors (Lipinski definition) is 7. The molecule has 0 aromatic heterocycles. The van der Waals surface area contributed by atoms with Crippen LogP contribution in [0.4, 0.5) is 0 Å². The molecule has 0 spiro atoms. The highest BCUT2D eigenvalue weighted by atomic mass is 16.7. The molecule has 1 saturated carbocycles. The topological polar surface area (TPSA) is 127 Å². The lowest BCUT2D eigenvalue weighted by Crippen LogP contribution is -2.36. The number of carboxylic acids is 1. The highest BCUT2D eigenvalue weighted by Crippen LogP contribution is 2.29. The molecule has 1 aromatic rings. The van der Waals surface area contributed by atoms with E-state index < -0.39 is 29.7 Å². The summed E-state index contributed by atoms with van der Waals surface area (Å²) in [6.45, 7) is 0. The van der Waals surface area contributed by atoms with Gasteiger partial charge in [-0.05, 0) is 49.9 Å². The second-order valence-corrected chi connectivity index (χ2v) is 6.84. The van der Waals surface area contributed by atoms with Crippen molar-refractivity contribution in [3.05, 3.63) is 35.4 Å². The Bertz CT molecular complexity index is 716. The second kappa shape index (κ2) is 9.98. The Labute approximate surface area is 162 Å². The van der Waals surface area contributed by atoms with E-state index in [4.69, 9.17) is 14.6 Å². The number of carbonyl (C=O) groups is 4. The molecule has 0 saturated heterocycles. The highest BCUT2D eigenvalue weighted by Gasteiger charge is 2.33. The van der Waals surface area contributed by atoms with Gasteiger partial charge in [-0.3, -0.25) is 9.59 Å². The van der Waals surface area contributed by atoms with E-state index in [1.54, 1.807) is 0 Å². The van der Waals surface area contributed by atoms with E-state index in [2.05, 4.69) is 0 Å². The fraction of sp³-hybridized carbons (Fsp3) is 0.500. The third kappa shape index (κ3) is 6.77. The number of hydrogen-bond donors (Lipinski definition) is 2. The van der Waals surface area contributed by atoms with Crippen LogP contribution in [0.2, 0.25) is 0 Å². The van der Waals surface area contributed by atoms with Gasteiger partial charge in [0.25, 0.3) is 0 Å². The van der Waals surface area contributed by atoms with Gasteiger partial charge >= 0.3 is 23.9 Å². The highest BCUT2D eigenvalue weighted by molar-refractivity contribution is 5.98. The van der Waals surface area contributed by atoms with Crippen molar-refractivity contribution in [3.8, 4) is 0 Å². The molecule has 2 N–H and O–H groups in total. The fourth-order valence-electron chi connectivity index (χ4n) is 2.94. The number of aliphatic carboxylic acids is 1. The van der Waals surface area contributed by atoms with Crippen molar-refractivity contribution in [2.45, 2.75) is 63.6 Å². The third-order valence-electron chi connectivity index (χ3n) is 4.50. The Morgan fingerprint density at radius 1 is 0.857 bits per heavy atom. The summed E-state index contributed by atoms with van der Waals surface area (Å²) in [4.78, 5) is 46.1. The maximum atomic E-state index is 12.2. The van der Waals surface area contributed by atoms with Gasteiger partial charge < -0.3 is 19.7 Å². The molecule has 28 heavy (non-hydrogen) atoms. The summed E-state index contributed by atoms with van der Waals surface area (Å²) in [6.07, 6.45) is 3.91. The molecule has 1 aromatic carbocycles. The van der Waals surface area contributed by atoms with E-state index >= 15 is 0 Å². The molecule has 8 nitrogen and oxygen atoms in total. The predicted octanol–water partition coefficient (Wildman–Crippen LogP) is 2.82. The number of ether oxygens (including phenoxy) is 2. The van der Waals surface area contributed by atoms with Crippen LogP contribution in [-0.4, -0.2) is 39.9 Å². The van der Waals surface area contributed by atoms with Gasteiger partial charge in [0.2, 0.25) is 5.79 Å². The zero-order chi connectivity index (χ0) is 20.6. The van der Waals surface area contributed by atoms with Crippen LogP contribution < -0.4 is 0 Å². The summed E-state index contributed by atoms with van der Waals surface area (Å²) in [5, 5.41) is 18.8. The molecule has 0 aliphatic heterocycles. The molecular formula is C20H24O8. The first-order chi connectivity index (χ1) is 13.3. The number of carboxylic acid groups (broad SMARTS) is 1. The quantitative estimate of drug-likeness (QED) is 0.299. The number of esters is 3. The zero-order valence-electron chi connectivity index (χ0n) is 15.5. The average molecular weight is 392 g/mol. The molecule has 0 bridgehead atoms. The second-order valence-electron chi connectivity index (χ2n) is 6.84. The minimum Gasteiger partial charge on any atom is -0.481 e. The molecule has 2 rings (SSSR count). The van der Waals surface area contributed by atoms with Gasteiger partial charge in [0.1, 0.15) is 0 Å². The smallest absolute Gasteiger partial charge is 0.345 e. The molecule has 8 heteroatoms. The number of aliphatic hydroxyl groups is 1. The first-order valence-corrected chi connectivity index (χ1v) is 9.32. The Hall–Kier alpha value is -2.74. The Morgan fingerprint density at radius 3 is 1.96 bits per heavy atom. The van der Waals surface area contributed by atoms with Gasteiger partial charge in [-0.25, -0.2) is 9.59 Å². The van der Waals surface area contributed by atoms with Crippen molar-refractivity contribution in [3.63, 3.8) is 0 Å². The maximum absolute atomic E-state index is 12.2. The lowest BCUT2D eigenvalue weighted by molar-refractivity contribution is -0.183. The van der Waals surface area contributed by atoms with Crippen LogP contribution in [0.15, 0.2) is 24.3 Å². The normalized spacial score (nSPS) is 15.5. The molecule has 0 radical (unpaired) electrons. The molecule has 0 atom stereocenters. The number of carbonyl (C=O) groups excluding carboxylic acids is 3. The SMILES string of the molecule is O=C(O)CCCCC(=O)OC(=O)c1ccc(C(=O)OC2(O)CCCCC2)cc1. The van der Waals surface area contributed by atoms with Gasteiger partial charge in [0.15, 0.2) is 0 Å². The molecule has 0 heterocycles. The minimum atomic E-state index is -1.44. The van der Waals surface area contributed by atoms with E-state index in [1.165, 1.54) is 24.3 Å². The van der Waals surface area contributed by atoms with Crippen molar-refractivity contribution in [1.29, 1.82) is 0 Å². The number of rotatable bonds is 8. The van der Waals surface area contributed by atoms with Gasteiger partial charge in [-0.2, -0.15) is 0 Å². The number of unbranched alkanes of at least 4 members (excludes halogenated alkanes) is 1. The van der Waals surface area contributed by atoms with Gasteiger partial charge in [0.05, 0.1) is 11.1 Å². The van der Waals surface area contributed by atoms with Gasteiger partial charge in [0, 0.05) is 25.7 Å². The molecule has 152 valence electrons. The van der Waals surface area contributed by atoms with Crippen molar-refractivity contribution < 1.29 is 38.9 Å². The Morgan fingerprint density at radius 2 is 1.39 bits per heavy atom. The third-order valence-corrected chi connectivity index (χ3v) is 4.50. The zero-order valence-corrected chi connectivity index (χ0v) is 15.5. The molecule has 0 unspecified atom stereocenters. The van der Waals surface area contributed by atoms with Crippen LogP contribution >= 0.6 is 0 Å². The van der Waals surface area contributed by atoms with E-state index in [9.17, 15) is 24.3 Å². The standard InChI is InChI=1S/C20H24O8/c21-16(22)6-2-3-7-17(23)27-18(24)14-8-10-15(11-9-14)19(25)28-20(26)12-4-1-5-13-20/h8-11,26H,1-7,12-13H2,(H,21,22). The van der Waals surface area contributed by atoms with Crippen LogP contribution in [0.1, 0.15) is 78.5 Å². The van der Waals surface area contributed by atoms with E-state index in [-0.39, 0.29) is 24.0 Å². The average Bonchev–Trinajstić information content (AvgIpc) is 2.65. The van der Waals surface area contributed by atoms with E-state index in [0.29, 0.717) is 25.7 Å². The summed E-state index contributed by atoms with van der Waals surface area (Å²) in [5.41, 5.74) is 0.266. The van der Waals surface area contributed by atoms with Crippen LogP contribution in [0, 0.1) is 0 Å². The van der Waals surface area contributed by atoms with Crippen LogP contribution in [0.3, 0.4) is 0 Å². The maximum Gasteiger partial charge on any atom is 0.345 e. The van der Waals surface area contributed by atoms with Gasteiger partial charge in [-0.1, -0.05) is 6.42 Å². The molecular weight excluding hydrogens is 368 g/mol. The first kappa shape index (κ1) is 21.6. The molecule has 1 aliphatic rings. The molecule has 1 fully saturated rings. The number of benzene rings is 1. The van der Waals surface area contributed by atoms with Crippen LogP contribution in [-0.2, 0) is 19.1 Å². The summed E-state index contributed by atoms with van der Waals surface area (Å²) in [5.74, 6) is -4.66.